The molecule has 1 rings (SSSR count). The second-order valence-corrected chi connectivity index (χ2v) is 6.71. The first-order chi connectivity index (χ1) is 9.20. The Morgan fingerprint density at radius 2 is 2.15 bits per heavy atom. The van der Waals surface area contributed by atoms with Crippen LogP contribution in [0.4, 0.5) is 4.39 Å². The van der Waals surface area contributed by atoms with Crippen molar-refractivity contribution in [3.63, 3.8) is 0 Å². The lowest BCUT2D eigenvalue weighted by Crippen LogP contribution is -2.30. The fourth-order valence-corrected chi connectivity index (χ4v) is 3.18. The molecule has 0 heterocycles. The van der Waals surface area contributed by atoms with Gasteiger partial charge >= 0.3 is 5.97 Å². The molecular formula is C11H10BrFN2O4S. The summed E-state index contributed by atoms with van der Waals surface area (Å²) in [5.74, 6) is -2.22. The van der Waals surface area contributed by atoms with Crippen LogP contribution in [-0.4, -0.2) is 37.4 Å². The molecule has 0 atom stereocenters. The molecule has 1 N–H and O–H groups in total. The maximum atomic E-state index is 13.8. The highest BCUT2D eigenvalue weighted by molar-refractivity contribution is 9.10. The normalized spacial score (nSPS) is 11.3. The molecule has 0 fully saturated rings. The fourth-order valence-electron chi connectivity index (χ4n) is 1.35. The number of halogens is 2. The van der Waals surface area contributed by atoms with Crippen LogP contribution in [0.15, 0.2) is 21.5 Å². The van der Waals surface area contributed by atoms with E-state index in [1.54, 1.807) is 6.07 Å². The average Bonchev–Trinajstić information content (AvgIpc) is 2.37. The van der Waals surface area contributed by atoms with Gasteiger partial charge in [-0.15, -0.1) is 0 Å². The lowest BCUT2D eigenvalue weighted by atomic mass is 10.2. The molecular weight excluding hydrogens is 355 g/mol. The molecule has 0 bridgehead atoms. The van der Waals surface area contributed by atoms with Crippen molar-refractivity contribution in [3.8, 4) is 6.07 Å². The van der Waals surface area contributed by atoms with Crippen molar-refractivity contribution in [1.82, 2.24) is 4.31 Å². The Morgan fingerprint density at radius 1 is 1.55 bits per heavy atom. The van der Waals surface area contributed by atoms with Crippen LogP contribution in [0.1, 0.15) is 12.0 Å². The lowest BCUT2D eigenvalue weighted by Gasteiger charge is -2.17. The van der Waals surface area contributed by atoms with Crippen LogP contribution in [0.5, 0.6) is 0 Å². The van der Waals surface area contributed by atoms with Gasteiger partial charge in [0.15, 0.2) is 0 Å². The van der Waals surface area contributed by atoms with E-state index in [-0.39, 0.29) is 16.6 Å². The second kappa shape index (κ2) is 6.30. The van der Waals surface area contributed by atoms with Crippen molar-refractivity contribution in [2.45, 2.75) is 11.3 Å². The number of benzene rings is 1. The Balaban J connectivity index is 3.20. The molecule has 0 radical (unpaired) electrons. The Morgan fingerprint density at radius 3 is 2.65 bits per heavy atom. The van der Waals surface area contributed by atoms with E-state index in [1.165, 1.54) is 0 Å². The van der Waals surface area contributed by atoms with Crippen LogP contribution >= 0.6 is 15.9 Å². The van der Waals surface area contributed by atoms with Gasteiger partial charge in [0.05, 0.1) is 12.0 Å². The third-order valence-electron chi connectivity index (χ3n) is 2.47. The van der Waals surface area contributed by atoms with Crippen molar-refractivity contribution in [1.29, 1.82) is 5.26 Å². The van der Waals surface area contributed by atoms with Crippen LogP contribution < -0.4 is 0 Å². The zero-order valence-electron chi connectivity index (χ0n) is 10.3. The van der Waals surface area contributed by atoms with E-state index in [2.05, 4.69) is 15.9 Å². The van der Waals surface area contributed by atoms with Gasteiger partial charge in [0.25, 0.3) is 0 Å². The van der Waals surface area contributed by atoms with Gasteiger partial charge in [-0.2, -0.15) is 5.26 Å². The van der Waals surface area contributed by atoms with Crippen molar-refractivity contribution in [2.75, 3.05) is 13.6 Å². The molecule has 9 heteroatoms. The summed E-state index contributed by atoms with van der Waals surface area (Å²) >= 11 is 2.98. The number of hydrogen-bond acceptors (Lipinski definition) is 4. The molecule has 1 aromatic carbocycles. The molecule has 0 aliphatic carbocycles. The molecule has 6 nitrogen and oxygen atoms in total. The molecule has 0 saturated carbocycles. The van der Waals surface area contributed by atoms with Gasteiger partial charge in [-0.3, -0.25) is 4.79 Å². The first-order valence-corrected chi connectivity index (χ1v) is 7.50. The summed E-state index contributed by atoms with van der Waals surface area (Å²) in [7, 11) is -3.00. The van der Waals surface area contributed by atoms with Crippen molar-refractivity contribution >= 4 is 31.9 Å². The minimum Gasteiger partial charge on any atom is -0.481 e. The van der Waals surface area contributed by atoms with Crippen molar-refractivity contribution in [3.05, 3.63) is 28.0 Å². The molecule has 20 heavy (non-hydrogen) atoms. The first kappa shape index (κ1) is 16.6. The highest BCUT2D eigenvalue weighted by Gasteiger charge is 2.26. The number of aliphatic carboxylic acids is 1. The lowest BCUT2D eigenvalue weighted by molar-refractivity contribution is -0.137. The van der Waals surface area contributed by atoms with E-state index in [4.69, 9.17) is 10.4 Å². The highest BCUT2D eigenvalue weighted by Crippen LogP contribution is 2.26. The van der Waals surface area contributed by atoms with Crippen molar-refractivity contribution < 1.29 is 22.7 Å². The SMILES string of the molecule is CN(CCC(=O)O)S(=O)(=O)c1cc(Br)c(C#N)cc1F. The van der Waals surface area contributed by atoms with Crippen LogP contribution in [0.2, 0.25) is 0 Å². The quantitative estimate of drug-likeness (QED) is 0.854. The third-order valence-corrected chi connectivity index (χ3v) is 5.00. The highest BCUT2D eigenvalue weighted by atomic mass is 79.9. The number of nitriles is 1. The Labute approximate surface area is 123 Å². The van der Waals surface area contributed by atoms with E-state index in [1.807, 2.05) is 0 Å². The Bertz CT molecular complexity index is 684. The van der Waals surface area contributed by atoms with Crippen LogP contribution in [0.3, 0.4) is 0 Å². The van der Waals surface area contributed by atoms with E-state index >= 15 is 0 Å². The number of nitrogens with zero attached hydrogens (tertiary/aromatic N) is 2. The Hall–Kier alpha value is -1.50. The molecule has 0 unspecified atom stereocenters. The van der Waals surface area contributed by atoms with Crippen LogP contribution in [-0.2, 0) is 14.8 Å². The van der Waals surface area contributed by atoms with Crippen molar-refractivity contribution in [2.24, 2.45) is 0 Å². The van der Waals surface area contributed by atoms with E-state index < -0.39 is 33.1 Å². The largest absolute Gasteiger partial charge is 0.481 e. The molecule has 0 aromatic heterocycles. The fraction of sp³-hybridized carbons (Fsp3) is 0.273. The maximum Gasteiger partial charge on any atom is 0.304 e. The van der Waals surface area contributed by atoms with Gasteiger partial charge in [0.2, 0.25) is 10.0 Å². The number of carboxylic acids is 1. The summed E-state index contributed by atoms with van der Waals surface area (Å²) in [6.45, 7) is -0.283. The summed E-state index contributed by atoms with van der Waals surface area (Å²) in [5.41, 5.74) is -0.0327. The first-order valence-electron chi connectivity index (χ1n) is 5.27. The van der Waals surface area contributed by atoms with Gasteiger partial charge in [-0.1, -0.05) is 0 Å². The number of rotatable bonds is 5. The van der Waals surface area contributed by atoms with Gasteiger partial charge in [0.1, 0.15) is 16.8 Å². The summed E-state index contributed by atoms with van der Waals surface area (Å²) in [6, 6.07) is 3.51. The topological polar surface area (TPSA) is 98.5 Å². The van der Waals surface area contributed by atoms with Crippen LogP contribution in [0.25, 0.3) is 0 Å². The predicted molar refractivity (Wildman–Crippen MR) is 70.9 cm³/mol. The summed E-state index contributed by atoms with van der Waals surface area (Å²) in [5, 5.41) is 17.2. The molecule has 0 aliphatic heterocycles. The molecule has 108 valence electrons. The number of carbonyl (C=O) groups is 1. The average molecular weight is 365 g/mol. The Kier molecular flexibility index (Phi) is 5.21. The van der Waals surface area contributed by atoms with Gasteiger partial charge in [-0.25, -0.2) is 17.1 Å². The minimum absolute atomic E-state index is 0.0327. The smallest absolute Gasteiger partial charge is 0.304 e. The third kappa shape index (κ3) is 3.53. The predicted octanol–water partition coefficient (Wildman–Crippen LogP) is 1.56. The van der Waals surface area contributed by atoms with Crippen LogP contribution in [0, 0.1) is 17.1 Å². The summed E-state index contributed by atoms with van der Waals surface area (Å²) < 4.78 is 38.9. The van der Waals surface area contributed by atoms with E-state index in [9.17, 15) is 17.6 Å². The monoisotopic (exact) mass is 364 g/mol. The maximum absolute atomic E-state index is 13.8. The molecule has 0 saturated heterocycles. The second-order valence-electron chi connectivity index (χ2n) is 3.84. The number of hydrogen-bond donors (Lipinski definition) is 1. The molecule has 1 aromatic rings. The molecule has 0 amide bonds. The molecule has 0 aliphatic rings. The number of carboxylic acid groups (broad SMARTS) is 1. The summed E-state index contributed by atoms with van der Waals surface area (Å²) in [4.78, 5) is 9.82. The van der Waals surface area contributed by atoms with E-state index in [0.29, 0.717) is 0 Å². The van der Waals surface area contributed by atoms with Gasteiger partial charge in [0, 0.05) is 18.1 Å². The zero-order chi connectivity index (χ0) is 15.5. The van der Waals surface area contributed by atoms with Gasteiger partial charge in [-0.05, 0) is 28.1 Å². The van der Waals surface area contributed by atoms with E-state index in [0.717, 1.165) is 23.5 Å². The molecule has 0 spiro atoms. The summed E-state index contributed by atoms with van der Waals surface area (Å²) in [6.07, 6.45) is -0.394. The van der Waals surface area contributed by atoms with Gasteiger partial charge < -0.3 is 5.11 Å². The zero-order valence-corrected chi connectivity index (χ0v) is 12.7. The number of sulfonamides is 1. The minimum atomic E-state index is -4.16. The standard InChI is InChI=1S/C11H10BrFN2O4S/c1-15(3-2-11(16)17)20(18,19)10-5-8(12)7(6-14)4-9(10)13/h4-5H,2-3H2,1H3,(H,16,17).